The Bertz CT molecular complexity index is 1090. The molecule has 9 nitrogen and oxygen atoms in total. The fourth-order valence-corrected chi connectivity index (χ4v) is 3.88. The zero-order chi connectivity index (χ0) is 19.7. The van der Waals surface area contributed by atoms with Crippen molar-refractivity contribution in [1.29, 1.82) is 0 Å². The molecule has 3 N–H and O–H groups in total. The van der Waals surface area contributed by atoms with Crippen LogP contribution in [0.1, 0.15) is 18.3 Å². The van der Waals surface area contributed by atoms with Gasteiger partial charge in [0.2, 0.25) is 11.0 Å². The summed E-state index contributed by atoms with van der Waals surface area (Å²) in [6.07, 6.45) is 2.24. The second-order valence-electron chi connectivity index (χ2n) is 5.78. The molecule has 0 bridgehead atoms. The van der Waals surface area contributed by atoms with Crippen molar-refractivity contribution in [2.75, 3.05) is 0 Å². The lowest BCUT2D eigenvalue weighted by Gasteiger charge is -2.13. The first-order chi connectivity index (χ1) is 13.5. The highest BCUT2D eigenvalue weighted by Crippen LogP contribution is 2.42. The van der Waals surface area contributed by atoms with E-state index >= 15 is 0 Å². The summed E-state index contributed by atoms with van der Waals surface area (Å²) in [7, 11) is 0. The number of nitrogens with two attached hydrogens (primary N) is 1. The van der Waals surface area contributed by atoms with E-state index < -0.39 is 12.3 Å². The highest BCUT2D eigenvalue weighted by molar-refractivity contribution is 9.10. The minimum Gasteiger partial charge on any atom is -0.481 e. The number of aromatic nitrogens is 4. The number of thioether (sulfide) groups is 1. The number of imidazole rings is 1. The van der Waals surface area contributed by atoms with E-state index in [1.165, 1.54) is 18.1 Å². The first kappa shape index (κ1) is 18.6. The maximum Gasteiger partial charge on any atom is 0.305 e. The zero-order valence-electron chi connectivity index (χ0n) is 14.3. The molecular formula is C17H14BrN5O4S. The van der Waals surface area contributed by atoms with Gasteiger partial charge in [0.25, 0.3) is 6.29 Å². The van der Waals surface area contributed by atoms with Gasteiger partial charge in [0.1, 0.15) is 16.9 Å². The smallest absolute Gasteiger partial charge is 0.305 e. The molecule has 3 heterocycles. The van der Waals surface area contributed by atoms with Crippen molar-refractivity contribution in [3.05, 3.63) is 57.9 Å². The van der Waals surface area contributed by atoms with Crippen LogP contribution in [-0.2, 0) is 20.8 Å². The van der Waals surface area contributed by atoms with Crippen LogP contribution in [0.5, 0.6) is 0 Å². The summed E-state index contributed by atoms with van der Waals surface area (Å²) in [6.45, 7) is 0.265. The van der Waals surface area contributed by atoms with Crippen LogP contribution >= 0.6 is 27.7 Å². The molecule has 0 radical (unpaired) electrons. The average Bonchev–Trinajstić information content (AvgIpc) is 3.25. The summed E-state index contributed by atoms with van der Waals surface area (Å²) in [5.74, 6) is -0.735. The van der Waals surface area contributed by atoms with Crippen molar-refractivity contribution in [3.8, 4) is 0 Å². The van der Waals surface area contributed by atoms with Crippen LogP contribution in [0.25, 0.3) is 11.2 Å². The highest BCUT2D eigenvalue weighted by atomic mass is 79.9. The van der Waals surface area contributed by atoms with Crippen LogP contribution in [0, 0.1) is 0 Å². The largest absolute Gasteiger partial charge is 0.481 e. The SMILES string of the molecule is NC1=C(Sc2ncnc3c2ncn3CCC(=O)O)OC(c2ccccc2Br)O1. The lowest BCUT2D eigenvalue weighted by molar-refractivity contribution is -0.137. The average molecular weight is 464 g/mol. The standard InChI is InChI=1S/C17H14BrN5O4S/c18-10-4-2-1-3-9(10)16-26-13(19)17(27-16)28-15-12-14(20-7-21-15)23(8-22-12)6-5-11(24)25/h1-4,7-8,16H,5-6,19H2,(H,24,25). The summed E-state index contributed by atoms with van der Waals surface area (Å²) in [5.41, 5.74) is 7.88. The summed E-state index contributed by atoms with van der Waals surface area (Å²) in [4.78, 5) is 23.6. The lowest BCUT2D eigenvalue weighted by atomic mass is 10.2. The van der Waals surface area contributed by atoms with Gasteiger partial charge in [-0.15, -0.1) is 0 Å². The van der Waals surface area contributed by atoms with Crippen molar-refractivity contribution < 1.29 is 19.4 Å². The van der Waals surface area contributed by atoms with Gasteiger partial charge in [-0.05, 0) is 17.8 Å². The number of aryl methyl sites for hydroxylation is 1. The fraction of sp³-hybridized carbons (Fsp3) is 0.176. The maximum atomic E-state index is 10.8. The van der Waals surface area contributed by atoms with Crippen LogP contribution in [0.4, 0.5) is 0 Å². The van der Waals surface area contributed by atoms with Gasteiger partial charge in [-0.2, -0.15) is 0 Å². The van der Waals surface area contributed by atoms with E-state index in [1.807, 2.05) is 24.3 Å². The molecular weight excluding hydrogens is 450 g/mol. The number of ether oxygens (including phenoxy) is 2. The quantitative estimate of drug-likeness (QED) is 0.530. The molecule has 1 unspecified atom stereocenters. The third kappa shape index (κ3) is 3.62. The van der Waals surface area contributed by atoms with Gasteiger partial charge < -0.3 is 24.9 Å². The Balaban J connectivity index is 1.56. The number of carboxylic acid groups (broad SMARTS) is 1. The first-order valence-corrected chi connectivity index (χ1v) is 9.77. The number of rotatable bonds is 6. The molecule has 1 aliphatic heterocycles. The van der Waals surface area contributed by atoms with Crippen molar-refractivity contribution in [1.82, 2.24) is 19.5 Å². The zero-order valence-corrected chi connectivity index (χ0v) is 16.7. The number of carbonyl (C=O) groups is 1. The first-order valence-electron chi connectivity index (χ1n) is 8.16. The summed E-state index contributed by atoms with van der Waals surface area (Å²) in [5, 5.41) is 9.78. The summed E-state index contributed by atoms with van der Waals surface area (Å²) >= 11 is 4.65. The molecule has 0 saturated heterocycles. The van der Waals surface area contributed by atoms with Crippen LogP contribution in [0.3, 0.4) is 0 Å². The Morgan fingerprint density at radius 3 is 2.89 bits per heavy atom. The number of fused-ring (bicyclic) bond motifs is 1. The second kappa shape index (κ2) is 7.68. The molecule has 1 atom stereocenters. The molecule has 0 aliphatic carbocycles. The van der Waals surface area contributed by atoms with Crippen LogP contribution in [0.2, 0.25) is 0 Å². The van der Waals surface area contributed by atoms with Crippen LogP contribution in [-0.4, -0.2) is 30.6 Å². The molecule has 11 heteroatoms. The Morgan fingerprint density at radius 2 is 2.11 bits per heavy atom. The predicted molar refractivity (Wildman–Crippen MR) is 104 cm³/mol. The number of carboxylic acids is 1. The van der Waals surface area contributed by atoms with Crippen molar-refractivity contribution in [2.45, 2.75) is 24.3 Å². The second-order valence-corrected chi connectivity index (χ2v) is 7.59. The molecule has 0 spiro atoms. The molecule has 0 saturated carbocycles. The molecule has 1 aromatic carbocycles. The Labute approximate surface area is 171 Å². The van der Waals surface area contributed by atoms with Crippen LogP contribution in [0.15, 0.2) is 57.4 Å². The fourth-order valence-electron chi connectivity index (χ4n) is 2.61. The van der Waals surface area contributed by atoms with Gasteiger partial charge in [-0.25, -0.2) is 15.0 Å². The van der Waals surface area contributed by atoms with Crippen LogP contribution < -0.4 is 5.73 Å². The van der Waals surface area contributed by atoms with Crippen molar-refractivity contribution >= 4 is 44.8 Å². The Morgan fingerprint density at radius 1 is 1.29 bits per heavy atom. The monoisotopic (exact) mass is 463 g/mol. The van der Waals surface area contributed by atoms with Gasteiger partial charge in [0, 0.05) is 16.6 Å². The summed E-state index contributed by atoms with van der Waals surface area (Å²) < 4.78 is 14.0. The number of aliphatic carboxylic acids is 1. The number of hydrogen-bond donors (Lipinski definition) is 2. The van der Waals surface area contributed by atoms with E-state index in [0.29, 0.717) is 21.3 Å². The third-order valence-corrected chi connectivity index (χ3v) is 5.63. The van der Waals surface area contributed by atoms with E-state index in [-0.39, 0.29) is 18.8 Å². The van der Waals surface area contributed by atoms with Gasteiger partial charge >= 0.3 is 5.97 Å². The molecule has 0 fully saturated rings. The molecule has 2 aromatic heterocycles. The predicted octanol–water partition coefficient (Wildman–Crippen LogP) is 2.99. The molecule has 4 rings (SSSR count). The molecule has 28 heavy (non-hydrogen) atoms. The number of nitrogens with zero attached hydrogens (tertiary/aromatic N) is 4. The van der Waals surface area contributed by atoms with Gasteiger partial charge in [0.15, 0.2) is 5.65 Å². The van der Waals surface area contributed by atoms with E-state index in [2.05, 4.69) is 30.9 Å². The normalized spacial score (nSPS) is 16.2. The molecule has 144 valence electrons. The molecule has 1 aliphatic rings. The van der Waals surface area contributed by atoms with Gasteiger partial charge in [0.05, 0.1) is 12.7 Å². The van der Waals surface area contributed by atoms with E-state index in [9.17, 15) is 4.79 Å². The van der Waals surface area contributed by atoms with E-state index in [0.717, 1.165) is 10.0 Å². The van der Waals surface area contributed by atoms with E-state index in [1.54, 1.807) is 10.9 Å². The van der Waals surface area contributed by atoms with E-state index in [4.69, 9.17) is 20.3 Å². The number of hydrogen-bond acceptors (Lipinski definition) is 8. The lowest BCUT2D eigenvalue weighted by Crippen LogP contribution is -2.04. The maximum absolute atomic E-state index is 10.8. The minimum atomic E-state index is -0.891. The minimum absolute atomic E-state index is 0.0272. The highest BCUT2D eigenvalue weighted by Gasteiger charge is 2.30. The van der Waals surface area contributed by atoms with Crippen molar-refractivity contribution in [3.63, 3.8) is 0 Å². The Kier molecular flexibility index (Phi) is 5.09. The number of benzene rings is 1. The Hall–Kier alpha value is -2.79. The topological polar surface area (TPSA) is 125 Å². The van der Waals surface area contributed by atoms with Gasteiger partial charge in [-0.3, -0.25) is 4.79 Å². The number of halogens is 1. The molecule has 0 amide bonds. The third-order valence-electron chi connectivity index (χ3n) is 3.93. The molecule has 3 aromatic rings. The summed E-state index contributed by atoms with van der Waals surface area (Å²) in [6, 6.07) is 7.54. The van der Waals surface area contributed by atoms with Crippen molar-refractivity contribution in [2.24, 2.45) is 5.73 Å². The van der Waals surface area contributed by atoms with Gasteiger partial charge in [-0.1, -0.05) is 34.1 Å².